The van der Waals surface area contributed by atoms with E-state index in [1.165, 1.54) is 12.1 Å². The molecule has 0 heterocycles. The Balaban J connectivity index is 1.67. The third-order valence-corrected chi connectivity index (χ3v) is 5.20. The highest BCUT2D eigenvalue weighted by atomic mass is 16.6. The third-order valence-electron chi connectivity index (χ3n) is 5.20. The predicted octanol–water partition coefficient (Wildman–Crippen LogP) is 1.68. The number of nitrogens with zero attached hydrogens (tertiary/aromatic N) is 2. The number of ether oxygens (including phenoxy) is 10. The van der Waals surface area contributed by atoms with E-state index >= 15 is 0 Å². The van der Waals surface area contributed by atoms with Gasteiger partial charge >= 0.3 is 0 Å². The van der Waals surface area contributed by atoms with E-state index in [2.05, 4.69) is 4.90 Å². The number of non-ortho nitro benzene ring substituents is 1. The summed E-state index contributed by atoms with van der Waals surface area (Å²) in [6.45, 7) is 10.5. The van der Waals surface area contributed by atoms with Crippen molar-refractivity contribution in [2.75, 3.05) is 146 Å². The van der Waals surface area contributed by atoms with Crippen molar-refractivity contribution in [3.05, 3.63) is 34.4 Å². The standard InChI is InChI=1S/C28H50N2O12/c1-29(2)7-8-33-9-10-34-11-12-35-13-14-36-15-16-37-17-18-38-19-20-39-21-22-40-23-24-41-25-26-42-28-5-3-27(4-6-28)30(31)32/h3-6H,7-26H2,1-2H3. The van der Waals surface area contributed by atoms with Gasteiger partial charge < -0.3 is 52.3 Å². The van der Waals surface area contributed by atoms with Gasteiger partial charge in [-0.1, -0.05) is 0 Å². The highest BCUT2D eigenvalue weighted by Crippen LogP contribution is 2.17. The molecule has 0 saturated heterocycles. The van der Waals surface area contributed by atoms with Crippen molar-refractivity contribution >= 4 is 5.69 Å². The van der Waals surface area contributed by atoms with Crippen LogP contribution in [-0.4, -0.2) is 156 Å². The molecule has 0 N–H and O–H groups in total. The maximum Gasteiger partial charge on any atom is 0.269 e. The van der Waals surface area contributed by atoms with Gasteiger partial charge in [-0.25, -0.2) is 0 Å². The van der Waals surface area contributed by atoms with Gasteiger partial charge in [0.1, 0.15) is 12.4 Å². The van der Waals surface area contributed by atoms with E-state index in [4.69, 9.17) is 47.4 Å². The molecule has 42 heavy (non-hydrogen) atoms. The molecule has 0 spiro atoms. The minimum atomic E-state index is -0.451. The van der Waals surface area contributed by atoms with Crippen LogP contribution in [0.25, 0.3) is 0 Å². The fourth-order valence-electron chi connectivity index (χ4n) is 2.99. The summed E-state index contributed by atoms with van der Waals surface area (Å²) in [5, 5.41) is 10.6. The topological polar surface area (TPSA) is 139 Å². The van der Waals surface area contributed by atoms with Crippen molar-refractivity contribution in [2.45, 2.75) is 0 Å². The Bertz CT molecular complexity index is 727. The van der Waals surface area contributed by atoms with E-state index in [9.17, 15) is 10.1 Å². The largest absolute Gasteiger partial charge is 0.491 e. The van der Waals surface area contributed by atoms with Crippen LogP contribution in [0.1, 0.15) is 0 Å². The van der Waals surface area contributed by atoms with E-state index in [1.54, 1.807) is 12.1 Å². The van der Waals surface area contributed by atoms with Gasteiger partial charge in [-0.2, -0.15) is 0 Å². The average molecular weight is 607 g/mol. The summed E-state index contributed by atoms with van der Waals surface area (Å²) in [7, 11) is 4.03. The molecule has 0 aliphatic rings. The van der Waals surface area contributed by atoms with Gasteiger partial charge in [-0.3, -0.25) is 10.1 Å². The number of hydrogen-bond acceptors (Lipinski definition) is 13. The minimum absolute atomic E-state index is 0.0277. The summed E-state index contributed by atoms with van der Waals surface area (Å²) >= 11 is 0. The van der Waals surface area contributed by atoms with E-state index in [0.717, 1.165) is 6.54 Å². The SMILES string of the molecule is CN(C)CCOCCOCCOCCOCCOCCOCCOCCOCCOCCOc1ccc([N+](=O)[O-])cc1. The van der Waals surface area contributed by atoms with Crippen LogP contribution in [0, 0.1) is 10.1 Å². The molecule has 244 valence electrons. The summed E-state index contributed by atoms with van der Waals surface area (Å²) in [5.41, 5.74) is 0.0277. The lowest BCUT2D eigenvalue weighted by atomic mass is 10.3. The lowest BCUT2D eigenvalue weighted by molar-refractivity contribution is -0.384. The van der Waals surface area contributed by atoms with Crippen LogP contribution in [-0.2, 0) is 42.6 Å². The van der Waals surface area contributed by atoms with Gasteiger partial charge in [0.15, 0.2) is 0 Å². The zero-order chi connectivity index (χ0) is 30.4. The van der Waals surface area contributed by atoms with Crippen molar-refractivity contribution < 1.29 is 52.3 Å². The van der Waals surface area contributed by atoms with Gasteiger partial charge in [0.05, 0.1) is 124 Å². The smallest absolute Gasteiger partial charge is 0.269 e. The normalized spacial score (nSPS) is 11.4. The van der Waals surface area contributed by atoms with Gasteiger partial charge in [-0.05, 0) is 26.2 Å². The molecule has 14 heteroatoms. The molecular weight excluding hydrogens is 556 g/mol. The van der Waals surface area contributed by atoms with Crippen molar-refractivity contribution in [3.8, 4) is 5.75 Å². The molecular formula is C28H50N2O12. The second kappa shape index (κ2) is 29.1. The number of benzene rings is 1. The monoisotopic (exact) mass is 606 g/mol. The van der Waals surface area contributed by atoms with Crippen LogP contribution >= 0.6 is 0 Å². The van der Waals surface area contributed by atoms with Crippen LogP contribution in [0.15, 0.2) is 24.3 Å². The molecule has 14 nitrogen and oxygen atoms in total. The first-order chi connectivity index (χ1) is 20.6. The maximum absolute atomic E-state index is 10.6. The first kappa shape index (κ1) is 38.0. The molecule has 0 atom stereocenters. The molecule has 0 amide bonds. The molecule has 0 radical (unpaired) electrons. The lowest BCUT2D eigenvalue weighted by Gasteiger charge is -2.10. The summed E-state index contributed by atoms with van der Waals surface area (Å²) in [6.07, 6.45) is 0. The van der Waals surface area contributed by atoms with E-state index in [0.29, 0.717) is 131 Å². The van der Waals surface area contributed by atoms with E-state index < -0.39 is 4.92 Å². The second-order valence-electron chi connectivity index (χ2n) is 8.91. The minimum Gasteiger partial charge on any atom is -0.491 e. The summed E-state index contributed by atoms with van der Waals surface area (Å²) < 4.78 is 54.5. The number of likely N-dealkylation sites (N-methyl/N-ethyl adjacent to an activating group) is 1. The molecule has 0 aliphatic carbocycles. The Kier molecular flexibility index (Phi) is 26.4. The summed E-state index contributed by atoms with van der Waals surface area (Å²) in [6, 6.07) is 5.91. The molecule has 1 rings (SSSR count). The Morgan fingerprint density at radius 2 is 0.786 bits per heavy atom. The zero-order valence-electron chi connectivity index (χ0n) is 25.2. The zero-order valence-corrected chi connectivity index (χ0v) is 25.2. The van der Waals surface area contributed by atoms with Crippen molar-refractivity contribution in [2.24, 2.45) is 0 Å². The molecule has 0 bridgehead atoms. The third kappa shape index (κ3) is 25.7. The molecule has 0 aromatic heterocycles. The summed E-state index contributed by atoms with van der Waals surface area (Å²) in [5.74, 6) is 0.559. The fourth-order valence-corrected chi connectivity index (χ4v) is 2.99. The number of nitro groups is 1. The van der Waals surface area contributed by atoms with Crippen molar-refractivity contribution in [1.82, 2.24) is 4.90 Å². The van der Waals surface area contributed by atoms with E-state index in [-0.39, 0.29) is 5.69 Å². The van der Waals surface area contributed by atoms with Gasteiger partial charge in [0, 0.05) is 18.7 Å². The van der Waals surface area contributed by atoms with Crippen LogP contribution < -0.4 is 4.74 Å². The Hall–Kier alpha value is -1.98. The van der Waals surface area contributed by atoms with Crippen LogP contribution in [0.2, 0.25) is 0 Å². The maximum atomic E-state index is 10.6. The lowest BCUT2D eigenvalue weighted by Crippen LogP contribution is -2.19. The van der Waals surface area contributed by atoms with Crippen LogP contribution in [0.4, 0.5) is 5.69 Å². The number of nitro benzene ring substituents is 1. The van der Waals surface area contributed by atoms with Crippen molar-refractivity contribution in [1.29, 1.82) is 0 Å². The Labute approximate surface area is 249 Å². The molecule has 1 aromatic rings. The van der Waals surface area contributed by atoms with Crippen LogP contribution in [0.5, 0.6) is 5.75 Å². The Morgan fingerprint density at radius 1 is 0.500 bits per heavy atom. The molecule has 0 unspecified atom stereocenters. The highest BCUT2D eigenvalue weighted by molar-refractivity contribution is 5.35. The molecule has 0 aliphatic heterocycles. The van der Waals surface area contributed by atoms with Gasteiger partial charge in [0.25, 0.3) is 5.69 Å². The van der Waals surface area contributed by atoms with Gasteiger partial charge in [-0.15, -0.1) is 0 Å². The molecule has 1 aromatic carbocycles. The van der Waals surface area contributed by atoms with Gasteiger partial charge in [0.2, 0.25) is 0 Å². The quantitative estimate of drug-likeness (QED) is 0.0668. The number of rotatable bonds is 32. The number of hydrogen-bond donors (Lipinski definition) is 0. The van der Waals surface area contributed by atoms with E-state index in [1.807, 2.05) is 14.1 Å². The molecule has 0 saturated carbocycles. The Morgan fingerprint density at radius 3 is 1.07 bits per heavy atom. The second-order valence-corrected chi connectivity index (χ2v) is 8.91. The first-order valence-corrected chi connectivity index (χ1v) is 14.3. The highest BCUT2D eigenvalue weighted by Gasteiger charge is 2.04. The fraction of sp³-hybridized carbons (Fsp3) is 0.786. The predicted molar refractivity (Wildman–Crippen MR) is 155 cm³/mol. The molecule has 0 fully saturated rings. The summed E-state index contributed by atoms with van der Waals surface area (Å²) in [4.78, 5) is 12.2. The van der Waals surface area contributed by atoms with Crippen LogP contribution in [0.3, 0.4) is 0 Å². The average Bonchev–Trinajstić information content (AvgIpc) is 2.98. The first-order valence-electron chi connectivity index (χ1n) is 14.3. The van der Waals surface area contributed by atoms with Crippen molar-refractivity contribution in [3.63, 3.8) is 0 Å².